The lowest BCUT2D eigenvalue weighted by Crippen LogP contribution is -2.16. The zero-order chi connectivity index (χ0) is 12.3. The van der Waals surface area contributed by atoms with Gasteiger partial charge in [-0.25, -0.2) is 0 Å². The van der Waals surface area contributed by atoms with Gasteiger partial charge < -0.3 is 4.42 Å². The Balaban J connectivity index is 1.95. The molecule has 17 heavy (non-hydrogen) atoms. The molecule has 1 heterocycles. The summed E-state index contributed by atoms with van der Waals surface area (Å²) in [4.78, 5) is 2.26. The van der Waals surface area contributed by atoms with Gasteiger partial charge in [-0.3, -0.25) is 4.90 Å². The Morgan fingerprint density at radius 2 is 1.88 bits per heavy atom. The molecule has 0 saturated heterocycles. The molecule has 1 aromatic carbocycles. The van der Waals surface area contributed by atoms with Crippen LogP contribution in [0.4, 0.5) is 0 Å². The molecule has 0 unspecified atom stereocenters. The Morgan fingerprint density at radius 3 is 2.53 bits per heavy atom. The molecule has 90 valence electrons. The molecule has 2 heteroatoms. The molecule has 0 fully saturated rings. The highest BCUT2D eigenvalue weighted by Crippen LogP contribution is 2.12. The molecule has 0 saturated carbocycles. The molecule has 0 bridgehead atoms. The summed E-state index contributed by atoms with van der Waals surface area (Å²) >= 11 is 0. The van der Waals surface area contributed by atoms with Gasteiger partial charge in [0.05, 0.1) is 6.54 Å². The molecule has 0 atom stereocenters. The van der Waals surface area contributed by atoms with Crippen molar-refractivity contribution in [3.63, 3.8) is 0 Å². The highest BCUT2D eigenvalue weighted by atomic mass is 16.3. The van der Waals surface area contributed by atoms with Crippen LogP contribution in [0.5, 0.6) is 0 Å². The van der Waals surface area contributed by atoms with Crippen LogP contribution in [0, 0.1) is 13.8 Å². The van der Waals surface area contributed by atoms with Crippen molar-refractivity contribution in [2.75, 3.05) is 7.05 Å². The van der Waals surface area contributed by atoms with Gasteiger partial charge in [-0.15, -0.1) is 0 Å². The number of benzene rings is 1. The van der Waals surface area contributed by atoms with Crippen LogP contribution < -0.4 is 0 Å². The van der Waals surface area contributed by atoms with E-state index in [1.54, 1.807) is 0 Å². The fourth-order valence-corrected chi connectivity index (χ4v) is 2.01. The Bertz CT molecular complexity index is 487. The van der Waals surface area contributed by atoms with E-state index in [4.69, 9.17) is 4.42 Å². The second kappa shape index (κ2) is 5.19. The molecule has 0 aliphatic heterocycles. The largest absolute Gasteiger partial charge is 0.465 e. The summed E-state index contributed by atoms with van der Waals surface area (Å²) in [5.74, 6) is 2.00. The molecular weight excluding hydrogens is 210 g/mol. The maximum atomic E-state index is 5.57. The predicted octanol–water partition coefficient (Wildman–Crippen LogP) is 3.53. The summed E-state index contributed by atoms with van der Waals surface area (Å²) < 4.78 is 5.57. The Labute approximate surface area is 103 Å². The number of rotatable bonds is 4. The number of hydrogen-bond acceptors (Lipinski definition) is 2. The molecule has 0 radical (unpaired) electrons. The molecule has 2 nitrogen and oxygen atoms in total. The van der Waals surface area contributed by atoms with Gasteiger partial charge in [0.2, 0.25) is 0 Å². The summed E-state index contributed by atoms with van der Waals surface area (Å²) in [6, 6.07) is 12.7. The monoisotopic (exact) mass is 229 g/mol. The number of hydrogen-bond donors (Lipinski definition) is 0. The van der Waals surface area contributed by atoms with E-state index in [2.05, 4.69) is 43.1 Å². The lowest BCUT2D eigenvalue weighted by molar-refractivity contribution is 0.285. The van der Waals surface area contributed by atoms with Crippen LogP contribution in [0.15, 0.2) is 40.8 Å². The third kappa shape index (κ3) is 3.46. The van der Waals surface area contributed by atoms with E-state index in [9.17, 15) is 0 Å². The number of furan rings is 1. The second-order valence-electron chi connectivity index (χ2n) is 4.67. The topological polar surface area (TPSA) is 16.4 Å². The van der Waals surface area contributed by atoms with Crippen molar-refractivity contribution < 1.29 is 4.42 Å². The zero-order valence-corrected chi connectivity index (χ0v) is 10.7. The Kier molecular flexibility index (Phi) is 3.64. The smallest absolute Gasteiger partial charge is 0.118 e. The van der Waals surface area contributed by atoms with Gasteiger partial charge in [0, 0.05) is 6.54 Å². The van der Waals surface area contributed by atoms with Crippen LogP contribution in [0.1, 0.15) is 22.6 Å². The minimum absolute atomic E-state index is 0.849. The molecule has 0 aliphatic carbocycles. The molecule has 0 aliphatic rings. The summed E-state index contributed by atoms with van der Waals surface area (Å²) in [5.41, 5.74) is 2.65. The van der Waals surface area contributed by atoms with Crippen molar-refractivity contribution in [2.24, 2.45) is 0 Å². The van der Waals surface area contributed by atoms with Crippen LogP contribution in [0.2, 0.25) is 0 Å². The van der Waals surface area contributed by atoms with E-state index < -0.39 is 0 Å². The third-order valence-corrected chi connectivity index (χ3v) is 2.76. The highest BCUT2D eigenvalue weighted by molar-refractivity contribution is 5.22. The molecule has 1 aromatic heterocycles. The lowest BCUT2D eigenvalue weighted by Gasteiger charge is -2.15. The first-order valence-electron chi connectivity index (χ1n) is 5.93. The quantitative estimate of drug-likeness (QED) is 0.797. The zero-order valence-electron chi connectivity index (χ0n) is 10.7. The maximum Gasteiger partial charge on any atom is 0.118 e. The van der Waals surface area contributed by atoms with Crippen molar-refractivity contribution in [2.45, 2.75) is 26.9 Å². The second-order valence-corrected chi connectivity index (χ2v) is 4.67. The lowest BCUT2D eigenvalue weighted by atomic mass is 10.1. The fraction of sp³-hybridized carbons (Fsp3) is 0.333. The highest BCUT2D eigenvalue weighted by Gasteiger charge is 2.04. The molecule has 0 amide bonds. The Hall–Kier alpha value is -1.54. The fourth-order valence-electron chi connectivity index (χ4n) is 2.01. The van der Waals surface area contributed by atoms with Gasteiger partial charge in [0.15, 0.2) is 0 Å². The average molecular weight is 229 g/mol. The first-order valence-corrected chi connectivity index (χ1v) is 5.93. The standard InChI is InChI=1S/C15H19NO/c1-12-5-4-6-14(9-12)10-16(3)11-15-8-7-13(2)17-15/h4-9H,10-11H2,1-3H3. The van der Waals surface area contributed by atoms with Gasteiger partial charge in [0.25, 0.3) is 0 Å². The first kappa shape index (κ1) is 11.9. The van der Waals surface area contributed by atoms with Gasteiger partial charge >= 0.3 is 0 Å². The summed E-state index contributed by atoms with van der Waals surface area (Å²) in [5, 5.41) is 0. The maximum absolute atomic E-state index is 5.57. The first-order chi connectivity index (χ1) is 8.13. The summed E-state index contributed by atoms with van der Waals surface area (Å²) in [6.45, 7) is 5.90. The minimum Gasteiger partial charge on any atom is -0.465 e. The molecule has 2 rings (SSSR count). The number of aryl methyl sites for hydroxylation is 2. The van der Waals surface area contributed by atoms with Crippen LogP contribution in [0.3, 0.4) is 0 Å². The summed E-state index contributed by atoms with van der Waals surface area (Å²) in [6.07, 6.45) is 0. The van der Waals surface area contributed by atoms with E-state index in [-0.39, 0.29) is 0 Å². The van der Waals surface area contributed by atoms with E-state index >= 15 is 0 Å². The van der Waals surface area contributed by atoms with Gasteiger partial charge in [0.1, 0.15) is 11.5 Å². The SMILES string of the molecule is Cc1cccc(CN(C)Cc2ccc(C)o2)c1. The van der Waals surface area contributed by atoms with Crippen LogP contribution in [-0.4, -0.2) is 11.9 Å². The van der Waals surface area contributed by atoms with Crippen molar-refractivity contribution in [1.82, 2.24) is 4.90 Å². The van der Waals surface area contributed by atoms with Crippen molar-refractivity contribution in [3.05, 3.63) is 59.0 Å². The van der Waals surface area contributed by atoms with Crippen molar-refractivity contribution >= 4 is 0 Å². The third-order valence-electron chi connectivity index (χ3n) is 2.76. The minimum atomic E-state index is 0.849. The van der Waals surface area contributed by atoms with Crippen LogP contribution in [-0.2, 0) is 13.1 Å². The van der Waals surface area contributed by atoms with Crippen molar-refractivity contribution in [1.29, 1.82) is 0 Å². The van der Waals surface area contributed by atoms with E-state index in [1.165, 1.54) is 11.1 Å². The predicted molar refractivity (Wildman–Crippen MR) is 69.8 cm³/mol. The Morgan fingerprint density at radius 1 is 1.06 bits per heavy atom. The van der Waals surface area contributed by atoms with E-state index in [1.807, 2.05) is 19.1 Å². The van der Waals surface area contributed by atoms with Gasteiger partial charge in [-0.2, -0.15) is 0 Å². The van der Waals surface area contributed by atoms with Crippen LogP contribution in [0.25, 0.3) is 0 Å². The normalized spacial score (nSPS) is 11.1. The van der Waals surface area contributed by atoms with E-state index in [0.717, 1.165) is 24.6 Å². The molecule has 2 aromatic rings. The average Bonchev–Trinajstić information content (AvgIpc) is 2.63. The van der Waals surface area contributed by atoms with Crippen LogP contribution >= 0.6 is 0 Å². The molecule has 0 spiro atoms. The van der Waals surface area contributed by atoms with Gasteiger partial charge in [-0.1, -0.05) is 29.8 Å². The van der Waals surface area contributed by atoms with E-state index in [0.29, 0.717) is 0 Å². The number of nitrogens with zero attached hydrogens (tertiary/aromatic N) is 1. The van der Waals surface area contributed by atoms with Crippen molar-refractivity contribution in [3.8, 4) is 0 Å². The summed E-state index contributed by atoms with van der Waals surface area (Å²) in [7, 11) is 2.11. The van der Waals surface area contributed by atoms with Gasteiger partial charge in [-0.05, 0) is 38.6 Å². The molecule has 0 N–H and O–H groups in total. The molecular formula is C15H19NO.